The highest BCUT2D eigenvalue weighted by Gasteiger charge is 2.02. The second-order valence-corrected chi connectivity index (χ2v) is 4.32. The van der Waals surface area contributed by atoms with Gasteiger partial charge in [0.15, 0.2) is 0 Å². The molecule has 0 radical (unpaired) electrons. The molecule has 0 heterocycles. The van der Waals surface area contributed by atoms with Crippen LogP contribution in [0.4, 0.5) is 0 Å². The van der Waals surface area contributed by atoms with Crippen LogP contribution in [0.1, 0.15) is 12.0 Å². The molecular weight excluding hydrogens is 240 g/mol. The number of aliphatic carboxylic acids is 1. The third kappa shape index (κ3) is 3.58. The molecule has 0 spiro atoms. The van der Waals surface area contributed by atoms with Crippen LogP contribution in [0, 0.1) is 0 Å². The van der Waals surface area contributed by atoms with Gasteiger partial charge in [0, 0.05) is 6.42 Å². The Bertz CT molecular complexity index is 558. The Labute approximate surface area is 112 Å². The van der Waals surface area contributed by atoms with Crippen LogP contribution >= 0.6 is 0 Å². The van der Waals surface area contributed by atoms with Gasteiger partial charge >= 0.3 is 5.97 Å². The minimum atomic E-state index is -0.767. The molecule has 0 atom stereocenters. The summed E-state index contributed by atoms with van der Waals surface area (Å²) in [6.45, 7) is 0. The van der Waals surface area contributed by atoms with Gasteiger partial charge in [-0.2, -0.15) is 0 Å². The Morgan fingerprint density at radius 3 is 2.47 bits per heavy atom. The molecule has 0 amide bonds. The normalized spacial score (nSPS) is 10.2. The molecule has 0 unspecified atom stereocenters. The highest BCUT2D eigenvalue weighted by Crippen LogP contribution is 2.24. The van der Waals surface area contributed by atoms with Crippen molar-refractivity contribution in [3.63, 3.8) is 0 Å². The Hall–Kier alpha value is -2.29. The predicted molar refractivity (Wildman–Crippen MR) is 74.4 cm³/mol. The summed E-state index contributed by atoms with van der Waals surface area (Å²) in [5.74, 6) is 0.0596. The number of rotatable bonds is 5. The standard InChI is InChI=1S/C16H16O3/c1-19-15-4-2-3-14(11-15)13-8-5-12(6-9-13)7-10-16(17)18/h2-6,8-9,11H,7,10H2,1H3,(H,17,18). The van der Waals surface area contributed by atoms with Gasteiger partial charge in [0.1, 0.15) is 5.75 Å². The van der Waals surface area contributed by atoms with Gasteiger partial charge < -0.3 is 9.84 Å². The van der Waals surface area contributed by atoms with Gasteiger partial charge in [-0.1, -0.05) is 36.4 Å². The molecular formula is C16H16O3. The molecule has 2 aromatic rings. The molecule has 98 valence electrons. The summed E-state index contributed by atoms with van der Waals surface area (Å²) in [4.78, 5) is 10.5. The molecule has 3 nitrogen and oxygen atoms in total. The average Bonchev–Trinajstić information content (AvgIpc) is 2.45. The van der Waals surface area contributed by atoms with Gasteiger partial charge in [0.05, 0.1) is 7.11 Å². The van der Waals surface area contributed by atoms with E-state index in [1.807, 2.05) is 48.5 Å². The maximum atomic E-state index is 10.5. The number of carboxylic acid groups (broad SMARTS) is 1. The van der Waals surface area contributed by atoms with Gasteiger partial charge in [-0.05, 0) is 35.2 Å². The van der Waals surface area contributed by atoms with Crippen molar-refractivity contribution in [2.45, 2.75) is 12.8 Å². The number of benzene rings is 2. The summed E-state index contributed by atoms with van der Waals surface area (Å²) in [6, 6.07) is 15.8. The van der Waals surface area contributed by atoms with E-state index in [0.29, 0.717) is 6.42 Å². The fraction of sp³-hybridized carbons (Fsp3) is 0.188. The van der Waals surface area contributed by atoms with Crippen LogP contribution in [-0.2, 0) is 11.2 Å². The van der Waals surface area contributed by atoms with Crippen molar-refractivity contribution in [1.29, 1.82) is 0 Å². The highest BCUT2D eigenvalue weighted by molar-refractivity contribution is 5.68. The average molecular weight is 256 g/mol. The van der Waals surface area contributed by atoms with E-state index < -0.39 is 5.97 Å². The lowest BCUT2D eigenvalue weighted by Gasteiger charge is -2.06. The fourth-order valence-electron chi connectivity index (χ4n) is 1.92. The maximum Gasteiger partial charge on any atom is 0.303 e. The molecule has 0 saturated heterocycles. The van der Waals surface area contributed by atoms with E-state index in [4.69, 9.17) is 9.84 Å². The topological polar surface area (TPSA) is 46.5 Å². The van der Waals surface area contributed by atoms with Gasteiger partial charge in [-0.15, -0.1) is 0 Å². The number of aryl methyl sites for hydroxylation is 1. The zero-order valence-corrected chi connectivity index (χ0v) is 10.8. The van der Waals surface area contributed by atoms with Crippen LogP contribution in [0.5, 0.6) is 5.75 Å². The lowest BCUT2D eigenvalue weighted by molar-refractivity contribution is -0.136. The summed E-state index contributed by atoms with van der Waals surface area (Å²) in [6.07, 6.45) is 0.728. The number of methoxy groups -OCH3 is 1. The Balaban J connectivity index is 2.15. The minimum Gasteiger partial charge on any atom is -0.497 e. The number of carboxylic acids is 1. The number of hydrogen-bond acceptors (Lipinski definition) is 2. The molecule has 19 heavy (non-hydrogen) atoms. The second-order valence-electron chi connectivity index (χ2n) is 4.32. The molecule has 0 bridgehead atoms. The highest BCUT2D eigenvalue weighted by atomic mass is 16.5. The first-order chi connectivity index (χ1) is 9.19. The van der Waals surface area contributed by atoms with Crippen LogP contribution in [0.2, 0.25) is 0 Å². The molecule has 0 aromatic heterocycles. The number of hydrogen-bond donors (Lipinski definition) is 1. The fourth-order valence-corrected chi connectivity index (χ4v) is 1.92. The zero-order valence-electron chi connectivity index (χ0n) is 10.8. The van der Waals surface area contributed by atoms with Crippen molar-refractivity contribution in [1.82, 2.24) is 0 Å². The lowest BCUT2D eigenvalue weighted by Crippen LogP contribution is -1.97. The SMILES string of the molecule is COc1cccc(-c2ccc(CCC(=O)O)cc2)c1. The van der Waals surface area contributed by atoms with Crippen LogP contribution in [0.25, 0.3) is 11.1 Å². The first kappa shape index (κ1) is 13.1. The number of carbonyl (C=O) groups is 1. The van der Waals surface area contributed by atoms with Crippen LogP contribution in [0.3, 0.4) is 0 Å². The van der Waals surface area contributed by atoms with E-state index in [-0.39, 0.29) is 6.42 Å². The lowest BCUT2D eigenvalue weighted by atomic mass is 10.0. The van der Waals surface area contributed by atoms with Crippen LogP contribution < -0.4 is 4.74 Å². The van der Waals surface area contributed by atoms with E-state index in [1.165, 1.54) is 0 Å². The Morgan fingerprint density at radius 1 is 1.11 bits per heavy atom. The third-order valence-corrected chi connectivity index (χ3v) is 2.98. The Kier molecular flexibility index (Phi) is 4.18. The van der Waals surface area contributed by atoms with E-state index in [2.05, 4.69) is 0 Å². The monoisotopic (exact) mass is 256 g/mol. The second kappa shape index (κ2) is 6.05. The molecule has 0 fully saturated rings. The quantitative estimate of drug-likeness (QED) is 0.892. The van der Waals surface area contributed by atoms with Crippen molar-refractivity contribution in [2.75, 3.05) is 7.11 Å². The molecule has 0 aliphatic carbocycles. The molecule has 0 aliphatic heterocycles. The smallest absolute Gasteiger partial charge is 0.303 e. The van der Waals surface area contributed by atoms with E-state index >= 15 is 0 Å². The maximum absolute atomic E-state index is 10.5. The molecule has 2 rings (SSSR count). The summed E-state index contributed by atoms with van der Waals surface area (Å²) in [5.41, 5.74) is 3.22. The summed E-state index contributed by atoms with van der Waals surface area (Å²) in [5, 5.41) is 8.65. The predicted octanol–water partition coefficient (Wildman–Crippen LogP) is 3.38. The van der Waals surface area contributed by atoms with Crippen molar-refractivity contribution in [3.05, 3.63) is 54.1 Å². The van der Waals surface area contributed by atoms with Gasteiger partial charge in [-0.3, -0.25) is 4.79 Å². The van der Waals surface area contributed by atoms with Gasteiger partial charge in [0.2, 0.25) is 0 Å². The van der Waals surface area contributed by atoms with Crippen molar-refractivity contribution in [2.24, 2.45) is 0 Å². The number of ether oxygens (including phenoxy) is 1. The first-order valence-electron chi connectivity index (χ1n) is 6.14. The molecule has 0 saturated carbocycles. The van der Waals surface area contributed by atoms with Gasteiger partial charge in [0.25, 0.3) is 0 Å². The minimum absolute atomic E-state index is 0.165. The van der Waals surface area contributed by atoms with Crippen molar-refractivity contribution < 1.29 is 14.6 Å². The summed E-state index contributed by atoms with van der Waals surface area (Å²) in [7, 11) is 1.65. The first-order valence-corrected chi connectivity index (χ1v) is 6.14. The van der Waals surface area contributed by atoms with Gasteiger partial charge in [-0.25, -0.2) is 0 Å². The van der Waals surface area contributed by atoms with E-state index in [9.17, 15) is 4.79 Å². The summed E-state index contributed by atoms with van der Waals surface area (Å²) < 4.78 is 5.20. The molecule has 3 heteroatoms. The van der Waals surface area contributed by atoms with E-state index in [1.54, 1.807) is 7.11 Å². The van der Waals surface area contributed by atoms with Crippen LogP contribution in [-0.4, -0.2) is 18.2 Å². The van der Waals surface area contributed by atoms with E-state index in [0.717, 1.165) is 22.4 Å². The van der Waals surface area contributed by atoms with Crippen LogP contribution in [0.15, 0.2) is 48.5 Å². The zero-order chi connectivity index (χ0) is 13.7. The largest absolute Gasteiger partial charge is 0.497 e. The van der Waals surface area contributed by atoms with Crippen molar-refractivity contribution >= 4 is 5.97 Å². The molecule has 0 aliphatic rings. The summed E-state index contributed by atoms with van der Waals surface area (Å²) >= 11 is 0. The third-order valence-electron chi connectivity index (χ3n) is 2.98. The molecule has 2 aromatic carbocycles. The molecule has 1 N–H and O–H groups in total. The Morgan fingerprint density at radius 2 is 1.84 bits per heavy atom. The van der Waals surface area contributed by atoms with Crippen molar-refractivity contribution in [3.8, 4) is 16.9 Å².